The van der Waals surface area contributed by atoms with Crippen LogP contribution in [0.15, 0.2) is 30.7 Å². The van der Waals surface area contributed by atoms with Gasteiger partial charge in [-0.1, -0.05) is 0 Å². The van der Waals surface area contributed by atoms with Crippen molar-refractivity contribution >= 4 is 28.5 Å². The van der Waals surface area contributed by atoms with Gasteiger partial charge in [0.2, 0.25) is 0 Å². The maximum absolute atomic E-state index is 14.3. The van der Waals surface area contributed by atoms with Crippen LogP contribution in [0.3, 0.4) is 0 Å². The molecule has 1 aliphatic rings. The Morgan fingerprint density at radius 1 is 1.12 bits per heavy atom. The highest BCUT2D eigenvalue weighted by Gasteiger charge is 2.29. The fourth-order valence-electron chi connectivity index (χ4n) is 4.40. The largest absolute Gasteiger partial charge is 0.387 e. The molecule has 40 heavy (non-hydrogen) atoms. The monoisotopic (exact) mass is 558 g/mol. The second kappa shape index (κ2) is 11.9. The molecule has 11 nitrogen and oxygen atoms in total. The first-order valence-electron chi connectivity index (χ1n) is 12.7. The predicted molar refractivity (Wildman–Crippen MR) is 139 cm³/mol. The summed E-state index contributed by atoms with van der Waals surface area (Å²) in [6.07, 6.45) is 1.44. The zero-order valence-electron chi connectivity index (χ0n) is 21.9. The Hall–Kier alpha value is -4.25. The van der Waals surface area contributed by atoms with Crippen molar-refractivity contribution in [2.24, 2.45) is 0 Å². The molecule has 14 heteroatoms. The highest BCUT2D eigenvalue weighted by molar-refractivity contribution is 5.99. The average molecular weight is 559 g/mol. The van der Waals surface area contributed by atoms with Crippen LogP contribution in [0.2, 0.25) is 0 Å². The second-order valence-corrected chi connectivity index (χ2v) is 10.2. The number of nitrogens with zero attached hydrogens (tertiary/aromatic N) is 5. The van der Waals surface area contributed by atoms with Crippen molar-refractivity contribution in [3.8, 4) is 11.9 Å². The van der Waals surface area contributed by atoms with Crippen molar-refractivity contribution in [3.05, 3.63) is 41.9 Å². The number of carbonyl (C=O) groups is 2. The van der Waals surface area contributed by atoms with Crippen LogP contribution in [-0.4, -0.2) is 73.5 Å². The molecule has 1 fully saturated rings. The number of nitriles is 1. The number of nitrogens with one attached hydrogen (secondary N) is 3. The van der Waals surface area contributed by atoms with Crippen LogP contribution < -0.4 is 16.0 Å². The molecule has 1 unspecified atom stereocenters. The third-order valence-corrected chi connectivity index (χ3v) is 6.73. The van der Waals surface area contributed by atoms with Crippen molar-refractivity contribution in [1.29, 1.82) is 5.26 Å². The molecule has 212 valence electrons. The molecule has 0 spiro atoms. The molecule has 4 N–H and O–H groups in total. The van der Waals surface area contributed by atoms with Gasteiger partial charge in [-0.15, -0.1) is 0 Å². The van der Waals surface area contributed by atoms with E-state index in [0.717, 1.165) is 0 Å². The van der Waals surface area contributed by atoms with Crippen LogP contribution >= 0.6 is 0 Å². The predicted octanol–water partition coefficient (Wildman–Crippen LogP) is 2.63. The molecule has 0 aliphatic heterocycles. The van der Waals surface area contributed by atoms with Gasteiger partial charge in [-0.2, -0.15) is 23.8 Å². The van der Waals surface area contributed by atoms with Gasteiger partial charge in [-0.05, 0) is 45.6 Å². The standard InChI is InChI=1S/C26H29F3N8O3/c1-26(2,40)20(27)13-33-24(38)18-12-31-21(37-23-15(11-34-37)7-14(9-30)10-32-23)8-19(18)35-16-3-5-17(6-4-16)36-25(39)22(28)29/h7-8,10-12,16-17,20,22,40H,3-6,13H2,1-2H3,(H,31,35)(H,33,38)(H,36,39). The Morgan fingerprint density at radius 3 is 2.48 bits per heavy atom. The smallest absolute Gasteiger partial charge is 0.315 e. The maximum Gasteiger partial charge on any atom is 0.315 e. The van der Waals surface area contributed by atoms with E-state index < -0.39 is 36.6 Å². The Kier molecular flexibility index (Phi) is 8.53. The highest BCUT2D eigenvalue weighted by Crippen LogP contribution is 2.27. The summed E-state index contributed by atoms with van der Waals surface area (Å²) in [5.74, 6) is -1.59. The van der Waals surface area contributed by atoms with Gasteiger partial charge in [-0.3, -0.25) is 9.59 Å². The van der Waals surface area contributed by atoms with Gasteiger partial charge in [-0.25, -0.2) is 14.4 Å². The minimum Gasteiger partial charge on any atom is -0.387 e. The van der Waals surface area contributed by atoms with Crippen LogP contribution in [0.25, 0.3) is 16.9 Å². The van der Waals surface area contributed by atoms with Crippen LogP contribution in [0.5, 0.6) is 0 Å². The molecule has 1 aliphatic carbocycles. The Morgan fingerprint density at radius 2 is 1.82 bits per heavy atom. The second-order valence-electron chi connectivity index (χ2n) is 10.2. The number of hydrogen-bond donors (Lipinski definition) is 4. The lowest BCUT2D eigenvalue weighted by Gasteiger charge is -2.30. The van der Waals surface area contributed by atoms with Gasteiger partial charge in [0, 0.05) is 35.9 Å². The molecular weight excluding hydrogens is 529 g/mol. The van der Waals surface area contributed by atoms with Gasteiger partial charge in [0.1, 0.15) is 12.2 Å². The zero-order chi connectivity index (χ0) is 29.0. The zero-order valence-corrected chi connectivity index (χ0v) is 21.9. The number of carbonyl (C=O) groups excluding carboxylic acids is 2. The molecule has 0 aromatic carbocycles. The summed E-state index contributed by atoms with van der Waals surface area (Å²) in [5, 5.41) is 32.0. The van der Waals surface area contributed by atoms with E-state index in [0.29, 0.717) is 53.8 Å². The number of aliphatic hydroxyl groups is 1. The van der Waals surface area contributed by atoms with Gasteiger partial charge in [0.25, 0.3) is 11.8 Å². The van der Waals surface area contributed by atoms with E-state index in [4.69, 9.17) is 5.26 Å². The molecule has 0 radical (unpaired) electrons. The van der Waals surface area contributed by atoms with Crippen LogP contribution in [0.1, 0.15) is 55.5 Å². The molecule has 0 saturated heterocycles. The van der Waals surface area contributed by atoms with Crippen LogP contribution in [-0.2, 0) is 4.79 Å². The summed E-state index contributed by atoms with van der Waals surface area (Å²) in [6.45, 7) is 2.18. The third-order valence-electron chi connectivity index (χ3n) is 6.73. The summed E-state index contributed by atoms with van der Waals surface area (Å²) in [7, 11) is 0. The molecule has 0 bridgehead atoms. The van der Waals surface area contributed by atoms with Crippen molar-refractivity contribution in [1.82, 2.24) is 30.4 Å². The van der Waals surface area contributed by atoms with Gasteiger partial charge in [0.05, 0.1) is 35.2 Å². The van der Waals surface area contributed by atoms with Crippen molar-refractivity contribution in [3.63, 3.8) is 0 Å². The number of fused-ring (bicyclic) bond motifs is 1. The van der Waals surface area contributed by atoms with Crippen LogP contribution in [0.4, 0.5) is 18.9 Å². The number of anilines is 1. The summed E-state index contributed by atoms with van der Waals surface area (Å²) in [5.41, 5.74) is -0.342. The van der Waals surface area contributed by atoms with E-state index in [1.54, 1.807) is 12.1 Å². The summed E-state index contributed by atoms with van der Waals surface area (Å²) in [6, 6.07) is 4.71. The Balaban J connectivity index is 1.58. The molecule has 1 atom stereocenters. The Labute approximate surface area is 227 Å². The fourth-order valence-corrected chi connectivity index (χ4v) is 4.40. The van der Waals surface area contributed by atoms with Gasteiger partial charge >= 0.3 is 6.43 Å². The molecule has 2 amide bonds. The lowest BCUT2D eigenvalue weighted by Crippen LogP contribution is -2.43. The number of hydrogen-bond acceptors (Lipinski definition) is 8. The summed E-state index contributed by atoms with van der Waals surface area (Å²) >= 11 is 0. The average Bonchev–Trinajstić information content (AvgIpc) is 3.35. The van der Waals surface area contributed by atoms with E-state index in [2.05, 4.69) is 31.0 Å². The van der Waals surface area contributed by atoms with Crippen molar-refractivity contribution < 1.29 is 27.9 Å². The minimum atomic E-state index is -3.08. The van der Waals surface area contributed by atoms with Crippen molar-refractivity contribution in [2.45, 2.75) is 69.8 Å². The van der Waals surface area contributed by atoms with E-state index in [9.17, 15) is 27.9 Å². The first kappa shape index (κ1) is 28.8. The summed E-state index contributed by atoms with van der Waals surface area (Å²) in [4.78, 5) is 33.0. The van der Waals surface area contributed by atoms with Crippen molar-refractivity contribution in [2.75, 3.05) is 11.9 Å². The molecular formula is C26H29F3N8O3. The molecule has 3 aromatic heterocycles. The molecule has 1 saturated carbocycles. The van der Waals surface area contributed by atoms with E-state index in [-0.39, 0.29) is 17.6 Å². The number of aromatic nitrogens is 4. The minimum absolute atomic E-state index is 0.121. The van der Waals surface area contributed by atoms with E-state index in [1.807, 2.05) is 6.07 Å². The number of halogens is 3. The van der Waals surface area contributed by atoms with Crippen LogP contribution in [0, 0.1) is 11.3 Å². The third kappa shape index (κ3) is 6.66. The van der Waals surface area contributed by atoms with Gasteiger partial charge in [0.15, 0.2) is 11.5 Å². The first-order chi connectivity index (χ1) is 19.0. The van der Waals surface area contributed by atoms with E-state index >= 15 is 0 Å². The maximum atomic E-state index is 14.3. The molecule has 3 heterocycles. The normalized spacial score (nSPS) is 18.2. The number of alkyl halides is 3. The lowest BCUT2D eigenvalue weighted by molar-refractivity contribution is -0.132. The SMILES string of the molecule is CC(C)(O)C(F)CNC(=O)c1cnc(-n2ncc3cc(C#N)cnc32)cc1NC1CCC(NC(=O)C(F)F)CC1. The molecule has 3 aromatic rings. The van der Waals surface area contributed by atoms with Gasteiger partial charge < -0.3 is 21.1 Å². The number of rotatable bonds is 9. The Bertz CT molecular complexity index is 1420. The quantitative estimate of drug-likeness (QED) is 0.312. The highest BCUT2D eigenvalue weighted by atomic mass is 19.3. The first-order valence-corrected chi connectivity index (χ1v) is 12.7. The molecule has 4 rings (SSSR count). The topological polar surface area (TPSA) is 158 Å². The van der Waals surface area contributed by atoms with E-state index in [1.165, 1.54) is 37.1 Å². The lowest BCUT2D eigenvalue weighted by atomic mass is 9.90. The number of amides is 2. The fraction of sp³-hybridized carbons (Fsp3) is 0.462. The number of pyridine rings is 2. The summed E-state index contributed by atoms with van der Waals surface area (Å²) < 4.78 is 40.9.